The lowest BCUT2D eigenvalue weighted by molar-refractivity contribution is 0.577. The number of halogens is 2. The van der Waals surface area contributed by atoms with E-state index in [9.17, 15) is 8.42 Å². The SMILES string of the molecule is O=S(=O)(c1ccc(Cl)cc1)c1nc(-c2cccs2)oc1NCc1ccc(Cl)cc1. The van der Waals surface area contributed by atoms with Crippen LogP contribution in [0.4, 0.5) is 5.88 Å². The molecule has 0 fully saturated rings. The van der Waals surface area contributed by atoms with E-state index < -0.39 is 9.84 Å². The maximum atomic E-state index is 13.2. The Morgan fingerprint density at radius 1 is 0.966 bits per heavy atom. The highest BCUT2D eigenvalue weighted by Crippen LogP contribution is 2.34. The molecule has 5 nitrogen and oxygen atoms in total. The van der Waals surface area contributed by atoms with E-state index in [0.717, 1.165) is 10.4 Å². The molecule has 0 aliphatic heterocycles. The molecule has 29 heavy (non-hydrogen) atoms. The molecule has 2 aromatic heterocycles. The molecule has 2 heterocycles. The summed E-state index contributed by atoms with van der Waals surface area (Å²) in [6.07, 6.45) is 0. The molecular weight excluding hydrogens is 451 g/mol. The van der Waals surface area contributed by atoms with Crippen LogP contribution in [0.3, 0.4) is 0 Å². The van der Waals surface area contributed by atoms with Gasteiger partial charge in [-0.05, 0) is 53.4 Å². The highest BCUT2D eigenvalue weighted by atomic mass is 35.5. The molecule has 4 rings (SSSR count). The molecular formula is C20H14Cl2N2O3S2. The number of oxazole rings is 1. The van der Waals surface area contributed by atoms with E-state index >= 15 is 0 Å². The average Bonchev–Trinajstić information content (AvgIpc) is 3.38. The summed E-state index contributed by atoms with van der Waals surface area (Å²) in [4.78, 5) is 5.11. The monoisotopic (exact) mass is 464 g/mol. The summed E-state index contributed by atoms with van der Waals surface area (Å²) < 4.78 is 32.2. The minimum atomic E-state index is -3.91. The Bertz CT molecular complexity index is 1220. The van der Waals surface area contributed by atoms with Crippen LogP contribution in [-0.2, 0) is 16.4 Å². The minimum Gasteiger partial charge on any atom is -0.418 e. The Balaban J connectivity index is 1.73. The molecule has 148 valence electrons. The highest BCUT2D eigenvalue weighted by molar-refractivity contribution is 7.91. The lowest BCUT2D eigenvalue weighted by Gasteiger charge is -2.06. The Morgan fingerprint density at radius 3 is 2.24 bits per heavy atom. The summed E-state index contributed by atoms with van der Waals surface area (Å²) in [5.41, 5.74) is 0.915. The van der Waals surface area contributed by atoms with Gasteiger partial charge in [0.05, 0.1) is 9.77 Å². The van der Waals surface area contributed by atoms with Gasteiger partial charge in [-0.3, -0.25) is 0 Å². The van der Waals surface area contributed by atoms with Crippen LogP contribution in [0.25, 0.3) is 10.8 Å². The van der Waals surface area contributed by atoms with Crippen molar-refractivity contribution in [2.75, 3.05) is 5.32 Å². The zero-order chi connectivity index (χ0) is 20.4. The number of thiophene rings is 1. The van der Waals surface area contributed by atoms with Gasteiger partial charge in [-0.15, -0.1) is 11.3 Å². The molecule has 4 aromatic rings. The molecule has 0 spiro atoms. The van der Waals surface area contributed by atoms with E-state index in [1.54, 1.807) is 12.1 Å². The van der Waals surface area contributed by atoms with Gasteiger partial charge in [0.25, 0.3) is 0 Å². The molecule has 0 bridgehead atoms. The normalized spacial score (nSPS) is 11.5. The molecule has 0 atom stereocenters. The number of benzene rings is 2. The number of sulfone groups is 1. The van der Waals surface area contributed by atoms with E-state index in [2.05, 4.69) is 10.3 Å². The smallest absolute Gasteiger partial charge is 0.240 e. The third-order valence-electron chi connectivity index (χ3n) is 4.07. The number of aromatic nitrogens is 1. The largest absolute Gasteiger partial charge is 0.418 e. The minimum absolute atomic E-state index is 0.0818. The summed E-state index contributed by atoms with van der Waals surface area (Å²) in [7, 11) is -3.91. The lowest BCUT2D eigenvalue weighted by atomic mass is 10.2. The first-order valence-corrected chi connectivity index (χ1v) is 11.6. The van der Waals surface area contributed by atoms with Crippen LogP contribution in [0.15, 0.2) is 80.4 Å². The van der Waals surface area contributed by atoms with Crippen molar-refractivity contribution in [2.45, 2.75) is 16.5 Å². The van der Waals surface area contributed by atoms with Gasteiger partial charge in [0.1, 0.15) is 0 Å². The maximum absolute atomic E-state index is 13.2. The van der Waals surface area contributed by atoms with Gasteiger partial charge in [0, 0.05) is 16.6 Å². The standard InChI is InChI=1S/C20H14Cl2N2O3S2/c21-14-5-3-13(4-6-14)12-23-19-20(24-18(27-19)17-2-1-11-28-17)29(25,26)16-9-7-15(22)8-10-16/h1-11,23H,12H2. The number of nitrogens with zero attached hydrogens (tertiary/aromatic N) is 1. The predicted molar refractivity (Wildman–Crippen MR) is 115 cm³/mol. The zero-order valence-electron chi connectivity index (χ0n) is 14.8. The first-order chi connectivity index (χ1) is 13.9. The van der Waals surface area contributed by atoms with Gasteiger partial charge in [-0.1, -0.05) is 41.4 Å². The van der Waals surface area contributed by atoms with Crippen LogP contribution in [-0.4, -0.2) is 13.4 Å². The molecule has 0 unspecified atom stereocenters. The van der Waals surface area contributed by atoms with Crippen LogP contribution in [0.2, 0.25) is 10.0 Å². The summed E-state index contributed by atoms with van der Waals surface area (Å²) in [5, 5.41) is 5.82. The second-order valence-electron chi connectivity index (χ2n) is 6.07. The topological polar surface area (TPSA) is 72.2 Å². The van der Waals surface area contributed by atoms with Gasteiger partial charge in [-0.2, -0.15) is 4.98 Å². The number of hydrogen-bond acceptors (Lipinski definition) is 6. The van der Waals surface area contributed by atoms with Gasteiger partial charge < -0.3 is 9.73 Å². The maximum Gasteiger partial charge on any atom is 0.240 e. The van der Waals surface area contributed by atoms with Crippen LogP contribution in [0.1, 0.15) is 5.56 Å². The second kappa shape index (κ2) is 8.20. The molecule has 0 saturated heterocycles. The van der Waals surface area contributed by atoms with Crippen molar-refractivity contribution in [1.29, 1.82) is 0 Å². The second-order valence-corrected chi connectivity index (χ2v) is 9.75. The number of anilines is 1. The fraction of sp³-hybridized carbons (Fsp3) is 0.0500. The van der Waals surface area contributed by atoms with Crippen molar-refractivity contribution in [3.8, 4) is 10.8 Å². The van der Waals surface area contributed by atoms with E-state index in [-0.39, 0.29) is 21.7 Å². The van der Waals surface area contributed by atoms with Crippen molar-refractivity contribution in [3.63, 3.8) is 0 Å². The van der Waals surface area contributed by atoms with E-state index in [1.807, 2.05) is 29.6 Å². The molecule has 0 radical (unpaired) electrons. The Hall–Kier alpha value is -2.32. The molecule has 0 saturated carbocycles. The molecule has 9 heteroatoms. The molecule has 2 aromatic carbocycles. The predicted octanol–water partition coefficient (Wildman–Crippen LogP) is 6.15. The summed E-state index contributed by atoms with van der Waals surface area (Å²) in [5.74, 6) is 0.324. The van der Waals surface area contributed by atoms with Crippen molar-refractivity contribution in [3.05, 3.63) is 81.7 Å². The van der Waals surface area contributed by atoms with E-state index in [0.29, 0.717) is 16.6 Å². The van der Waals surface area contributed by atoms with Gasteiger partial charge >= 0.3 is 0 Å². The summed E-state index contributed by atoms with van der Waals surface area (Å²) in [6, 6.07) is 16.8. The van der Waals surface area contributed by atoms with E-state index in [1.165, 1.54) is 35.6 Å². The Kier molecular flexibility index (Phi) is 5.65. The summed E-state index contributed by atoms with van der Waals surface area (Å²) >= 11 is 13.2. The number of rotatable bonds is 6. The van der Waals surface area contributed by atoms with Gasteiger partial charge in [-0.25, -0.2) is 8.42 Å². The van der Waals surface area contributed by atoms with Gasteiger partial charge in [0.15, 0.2) is 0 Å². The van der Waals surface area contributed by atoms with Crippen molar-refractivity contribution >= 4 is 50.3 Å². The Morgan fingerprint density at radius 2 is 1.62 bits per heavy atom. The molecule has 0 amide bonds. The molecule has 0 aliphatic rings. The number of hydrogen-bond donors (Lipinski definition) is 1. The van der Waals surface area contributed by atoms with Crippen LogP contribution >= 0.6 is 34.5 Å². The van der Waals surface area contributed by atoms with Crippen molar-refractivity contribution < 1.29 is 12.8 Å². The average molecular weight is 465 g/mol. The van der Waals surface area contributed by atoms with Crippen LogP contribution < -0.4 is 5.32 Å². The lowest BCUT2D eigenvalue weighted by Crippen LogP contribution is -2.07. The van der Waals surface area contributed by atoms with Crippen molar-refractivity contribution in [2.24, 2.45) is 0 Å². The fourth-order valence-electron chi connectivity index (χ4n) is 2.62. The first kappa shape index (κ1) is 20.0. The molecule has 1 N–H and O–H groups in total. The van der Waals surface area contributed by atoms with E-state index in [4.69, 9.17) is 27.6 Å². The Labute approximate surface area is 181 Å². The molecule has 0 aliphatic carbocycles. The van der Waals surface area contributed by atoms with Crippen molar-refractivity contribution in [1.82, 2.24) is 4.98 Å². The first-order valence-electron chi connectivity index (χ1n) is 8.47. The highest BCUT2D eigenvalue weighted by Gasteiger charge is 2.28. The number of nitrogens with one attached hydrogen (secondary N) is 1. The van der Waals surface area contributed by atoms with Crippen LogP contribution in [0, 0.1) is 0 Å². The zero-order valence-corrected chi connectivity index (χ0v) is 17.9. The quantitative estimate of drug-likeness (QED) is 0.370. The fourth-order valence-corrected chi connectivity index (χ4v) is 4.80. The third-order valence-corrected chi connectivity index (χ3v) is 7.11. The summed E-state index contributed by atoms with van der Waals surface area (Å²) in [6.45, 7) is 0.347. The third kappa shape index (κ3) is 4.33. The van der Waals surface area contributed by atoms with Gasteiger partial charge in [0.2, 0.25) is 26.6 Å². The van der Waals surface area contributed by atoms with Crippen LogP contribution in [0.5, 0.6) is 0 Å².